The first-order valence-corrected chi connectivity index (χ1v) is 24.5. The number of aromatic nitrogens is 7. The number of aryl methyl sites for hydroxylation is 6. The van der Waals surface area contributed by atoms with E-state index in [4.69, 9.17) is 13.2 Å². The minimum absolute atomic E-state index is 0. The first-order chi connectivity index (χ1) is 43.0. The summed E-state index contributed by atoms with van der Waals surface area (Å²) < 4.78 is 138. The third-order valence-corrected chi connectivity index (χ3v) is 13.9. The first-order valence-electron chi connectivity index (χ1n) is 31.5. The first kappa shape index (κ1) is 34.6. The summed E-state index contributed by atoms with van der Waals surface area (Å²) >= 11 is 0. The van der Waals surface area contributed by atoms with E-state index in [1.165, 1.54) is 24.5 Å². The molecule has 8 heteroatoms. The molecule has 0 bridgehead atoms. The van der Waals surface area contributed by atoms with Gasteiger partial charge in [0.1, 0.15) is 11.3 Å². The van der Waals surface area contributed by atoms with Crippen molar-refractivity contribution in [1.82, 2.24) is 33.7 Å². The average molecular weight is 1180 g/mol. The molecule has 0 amide bonds. The van der Waals surface area contributed by atoms with E-state index in [9.17, 15) is 11.0 Å². The van der Waals surface area contributed by atoms with Crippen LogP contribution in [-0.2, 0) is 45.6 Å². The zero-order valence-electron chi connectivity index (χ0n) is 54.6. The number of imidazole rings is 2. The van der Waals surface area contributed by atoms with E-state index >= 15 is 0 Å². The van der Waals surface area contributed by atoms with E-state index < -0.39 is 72.6 Å². The van der Waals surface area contributed by atoms with Gasteiger partial charge < -0.3 is 23.8 Å². The predicted molar refractivity (Wildman–Crippen MR) is 308 cm³/mol. The van der Waals surface area contributed by atoms with Crippen LogP contribution in [0.1, 0.15) is 52.6 Å². The van der Waals surface area contributed by atoms with Crippen LogP contribution in [0.25, 0.3) is 111 Å². The Balaban J connectivity index is 0.00000758. The number of nitrogens with zero attached hydrogens (tertiary/aromatic N) is 7. The predicted octanol–water partition coefficient (Wildman–Crippen LogP) is 15.7. The Bertz CT molecular complexity index is 4970. The standard InChI is InChI=1S/C69H48N7.Ir/c1-44-52(41-73-66-57-21-11-13-23-62(57)75-35-33-70-68(75)64(44)66)27-25-46-37-47(26-28-53-42-74-67-58-22-12-14-24-63(58)76-36-34-71-69(76)65(67)45(53)2)39-54(38-46)55-19-9-10-20-56(55)60-43-72-61(51-17-7-4-8-18-51)40-59(60)50-31-29-49(30-32-50)48-15-5-3-6-16-48;/h3-17,19-20,23-24,29-43H,25-28H2,1-2H3;/q-3;+3/i1D3,2D3,25D2,26D2,27D2,28D2;. The summed E-state index contributed by atoms with van der Waals surface area (Å²) in [7, 11) is 0. The summed E-state index contributed by atoms with van der Waals surface area (Å²) in [6.45, 7) is -6.23. The van der Waals surface area contributed by atoms with E-state index in [2.05, 4.69) is 38.1 Å². The van der Waals surface area contributed by atoms with Gasteiger partial charge in [-0.1, -0.05) is 103 Å². The van der Waals surface area contributed by atoms with Crippen molar-refractivity contribution in [2.45, 2.75) is 39.2 Å². The molecule has 0 aliphatic rings. The summed E-state index contributed by atoms with van der Waals surface area (Å²) in [6.07, 6.45) is -3.41. The van der Waals surface area contributed by atoms with Crippen molar-refractivity contribution in [3.63, 3.8) is 0 Å². The van der Waals surface area contributed by atoms with Crippen LogP contribution in [0.2, 0.25) is 0 Å². The summed E-state index contributed by atoms with van der Waals surface area (Å²) in [6, 6.07) is 58.0. The molecule has 368 valence electrons. The number of hydrogen-bond donors (Lipinski definition) is 0. The molecule has 77 heavy (non-hydrogen) atoms. The zero-order chi connectivity index (χ0) is 62.9. The average Bonchev–Trinajstić information content (AvgIpc) is 1.60. The van der Waals surface area contributed by atoms with E-state index in [0.717, 1.165) is 46.3 Å². The maximum Gasteiger partial charge on any atom is 3.00 e. The minimum atomic E-state index is -3.34. The van der Waals surface area contributed by atoms with Crippen molar-refractivity contribution in [3.05, 3.63) is 259 Å². The third-order valence-electron chi connectivity index (χ3n) is 13.9. The number of benzene rings is 7. The molecule has 0 aliphatic heterocycles. The molecule has 7 nitrogen and oxygen atoms in total. The van der Waals surface area contributed by atoms with Gasteiger partial charge in [0.25, 0.3) is 0 Å². The van der Waals surface area contributed by atoms with E-state index in [1.807, 2.05) is 84.9 Å². The molecule has 7 heterocycles. The summed E-state index contributed by atoms with van der Waals surface area (Å²) in [5.74, 6) is 0. The summed E-state index contributed by atoms with van der Waals surface area (Å²) in [5, 5.41) is 0.711. The normalized spacial score (nSPS) is 15.4. The Morgan fingerprint density at radius 2 is 1.01 bits per heavy atom. The number of rotatable bonds is 11. The topological polar surface area (TPSA) is 73.3 Å². The van der Waals surface area contributed by atoms with Crippen LogP contribution in [-0.4, -0.2) is 33.7 Å². The van der Waals surface area contributed by atoms with Gasteiger partial charge in [0.15, 0.2) is 0 Å². The van der Waals surface area contributed by atoms with Gasteiger partial charge in [-0.05, 0) is 128 Å². The van der Waals surface area contributed by atoms with E-state index in [1.54, 1.807) is 88.1 Å². The van der Waals surface area contributed by atoms with Crippen LogP contribution in [0.5, 0.6) is 0 Å². The van der Waals surface area contributed by atoms with Crippen molar-refractivity contribution >= 4 is 54.9 Å². The van der Waals surface area contributed by atoms with E-state index in [-0.39, 0.29) is 58.8 Å². The smallest absolute Gasteiger partial charge is 0.342 e. The van der Waals surface area contributed by atoms with Crippen molar-refractivity contribution in [2.24, 2.45) is 0 Å². The van der Waals surface area contributed by atoms with Crippen molar-refractivity contribution in [1.29, 1.82) is 0 Å². The van der Waals surface area contributed by atoms with Crippen LogP contribution < -0.4 is 0 Å². The number of fused-ring (bicyclic) bond motifs is 12. The monoisotopic (exact) mass is 1180 g/mol. The molecule has 0 aliphatic carbocycles. The molecule has 0 spiro atoms. The summed E-state index contributed by atoms with van der Waals surface area (Å²) in [5.41, 5.74) is 4.62. The Labute approximate surface area is 479 Å². The SMILES string of the molecule is [2H]C([2H])([2H])c1c(C([2H])([2H])C([2H])([2H])c2cc(-c3ccccc3-c3cnc(-c4[c-]cccc4)cc3-c3ccc(-c4ccccc4)cc3)cc(C([2H])([2H])C([2H])([2H])c3cnc4c5[c-]cccc5n5ccnc5c4c3C([2H])([2H])[2H])c2)cnc2c3[c-]cccc3n3ccnc3c12.[Ir+3]. The maximum absolute atomic E-state index is 10.2. The molecule has 14 rings (SSSR count). The van der Waals surface area contributed by atoms with Gasteiger partial charge in [0.2, 0.25) is 0 Å². The molecule has 14 aromatic rings. The molecule has 0 radical (unpaired) electrons. The Kier molecular flexibility index (Phi) is 8.97. The van der Waals surface area contributed by atoms with Gasteiger partial charge in [-0.3, -0.25) is 0 Å². The second-order valence-corrected chi connectivity index (χ2v) is 18.3. The van der Waals surface area contributed by atoms with Gasteiger partial charge in [0, 0.05) is 89.9 Å². The Morgan fingerprint density at radius 3 is 1.61 bits per heavy atom. The number of hydrogen-bond acceptors (Lipinski definition) is 5. The largest absolute Gasteiger partial charge is 3.00 e. The van der Waals surface area contributed by atoms with Crippen LogP contribution >= 0.6 is 0 Å². The zero-order valence-corrected chi connectivity index (χ0v) is 43.0. The van der Waals surface area contributed by atoms with Crippen molar-refractivity contribution < 1.29 is 39.3 Å². The quantitative estimate of drug-likeness (QED) is 0.0953. The fraction of sp³-hybridized carbons (Fsp3) is 0.0870. The molecule has 0 saturated heterocycles. The molecule has 0 atom stereocenters. The van der Waals surface area contributed by atoms with Gasteiger partial charge in [-0.25, -0.2) is 9.97 Å². The second-order valence-electron chi connectivity index (χ2n) is 18.3. The van der Waals surface area contributed by atoms with Crippen LogP contribution in [0, 0.1) is 31.9 Å². The maximum atomic E-state index is 10.2. The second kappa shape index (κ2) is 20.0. The van der Waals surface area contributed by atoms with Gasteiger partial charge in [0.05, 0.1) is 0 Å². The van der Waals surface area contributed by atoms with Crippen LogP contribution in [0.3, 0.4) is 0 Å². The molecule has 0 saturated carbocycles. The molecule has 0 N–H and O–H groups in total. The van der Waals surface area contributed by atoms with E-state index in [0.29, 0.717) is 44.2 Å². The molecule has 7 aromatic carbocycles. The Hall–Kier alpha value is -8.94. The molecular weight excluding hydrogens is 1120 g/mol. The van der Waals surface area contributed by atoms with Gasteiger partial charge >= 0.3 is 20.1 Å². The van der Waals surface area contributed by atoms with Crippen molar-refractivity contribution in [2.75, 3.05) is 0 Å². The fourth-order valence-corrected chi connectivity index (χ4v) is 10.3. The third kappa shape index (κ3) is 8.47. The molecule has 0 unspecified atom stereocenters. The number of pyridine rings is 5. The molecule has 7 aromatic heterocycles. The van der Waals surface area contributed by atoms with Gasteiger partial charge in [-0.15, -0.1) is 95.2 Å². The van der Waals surface area contributed by atoms with Gasteiger partial charge in [-0.2, -0.15) is 0 Å². The molecule has 0 fully saturated rings. The molecular formula is C69H48IrN7. The summed E-state index contributed by atoms with van der Waals surface area (Å²) in [4.78, 5) is 23.3. The minimum Gasteiger partial charge on any atom is -0.342 e. The van der Waals surface area contributed by atoms with Crippen LogP contribution in [0.4, 0.5) is 0 Å². The van der Waals surface area contributed by atoms with Crippen LogP contribution in [0.15, 0.2) is 207 Å². The Morgan fingerprint density at radius 1 is 0.455 bits per heavy atom. The van der Waals surface area contributed by atoms with Crippen molar-refractivity contribution in [3.8, 4) is 55.8 Å². The fourth-order valence-electron chi connectivity index (χ4n) is 10.3.